The SMILES string of the molecule is CCN1CCN(C(c2ccccc2F)c2nnnn2Cc2ccco2)CC1. The van der Waals surface area contributed by atoms with Crippen molar-refractivity contribution >= 4 is 0 Å². The summed E-state index contributed by atoms with van der Waals surface area (Å²) in [6.07, 6.45) is 1.62. The van der Waals surface area contributed by atoms with E-state index in [1.807, 2.05) is 24.3 Å². The zero-order valence-corrected chi connectivity index (χ0v) is 15.3. The monoisotopic (exact) mass is 370 g/mol. The predicted octanol–water partition coefficient (Wildman–Crippen LogP) is 2.18. The summed E-state index contributed by atoms with van der Waals surface area (Å²) < 4.78 is 21.8. The van der Waals surface area contributed by atoms with E-state index < -0.39 is 0 Å². The maximum Gasteiger partial charge on any atom is 0.173 e. The molecule has 3 heterocycles. The number of piperazine rings is 1. The number of likely N-dealkylation sites (N-methyl/N-ethyl adjacent to an activating group) is 1. The third-order valence-electron chi connectivity index (χ3n) is 5.11. The molecule has 0 aliphatic carbocycles. The van der Waals surface area contributed by atoms with Gasteiger partial charge in [0.05, 0.1) is 6.26 Å². The second-order valence-corrected chi connectivity index (χ2v) is 6.67. The first kappa shape index (κ1) is 17.8. The van der Waals surface area contributed by atoms with E-state index in [0.29, 0.717) is 17.9 Å². The van der Waals surface area contributed by atoms with Crippen molar-refractivity contribution in [2.75, 3.05) is 32.7 Å². The summed E-state index contributed by atoms with van der Waals surface area (Å²) >= 11 is 0. The van der Waals surface area contributed by atoms with Gasteiger partial charge in [0.15, 0.2) is 5.82 Å². The average Bonchev–Trinajstić information content (AvgIpc) is 3.37. The van der Waals surface area contributed by atoms with Crippen molar-refractivity contribution in [1.82, 2.24) is 30.0 Å². The largest absolute Gasteiger partial charge is 0.467 e. The summed E-state index contributed by atoms with van der Waals surface area (Å²) in [7, 11) is 0. The number of hydrogen-bond acceptors (Lipinski definition) is 6. The second kappa shape index (κ2) is 7.98. The molecule has 0 radical (unpaired) electrons. The zero-order chi connectivity index (χ0) is 18.6. The van der Waals surface area contributed by atoms with E-state index in [4.69, 9.17) is 4.42 Å². The summed E-state index contributed by atoms with van der Waals surface area (Å²) in [5.74, 6) is 1.14. The standard InChI is InChI=1S/C19H23FN6O/c1-2-24-9-11-25(12-10-24)18(16-7-3-4-8-17(16)20)19-21-22-23-26(19)14-15-6-5-13-27-15/h3-8,13,18H,2,9-12,14H2,1H3. The van der Waals surface area contributed by atoms with Crippen LogP contribution in [0, 0.1) is 5.82 Å². The van der Waals surface area contributed by atoms with Gasteiger partial charge in [-0.15, -0.1) is 5.10 Å². The van der Waals surface area contributed by atoms with Crippen molar-refractivity contribution in [3.8, 4) is 0 Å². The third kappa shape index (κ3) is 3.77. The van der Waals surface area contributed by atoms with Gasteiger partial charge in [-0.05, 0) is 35.2 Å². The minimum Gasteiger partial charge on any atom is -0.467 e. The molecule has 142 valence electrons. The molecule has 7 nitrogen and oxygen atoms in total. The number of halogens is 1. The molecule has 1 aromatic carbocycles. The first-order valence-electron chi connectivity index (χ1n) is 9.25. The Morgan fingerprint density at radius 2 is 1.93 bits per heavy atom. The van der Waals surface area contributed by atoms with Gasteiger partial charge in [-0.1, -0.05) is 25.1 Å². The number of rotatable bonds is 6. The maximum atomic E-state index is 14.7. The van der Waals surface area contributed by atoms with Crippen molar-refractivity contribution in [3.63, 3.8) is 0 Å². The van der Waals surface area contributed by atoms with E-state index in [1.54, 1.807) is 17.0 Å². The van der Waals surface area contributed by atoms with Gasteiger partial charge < -0.3 is 9.32 Å². The Morgan fingerprint density at radius 1 is 1.11 bits per heavy atom. The highest BCUT2D eigenvalue weighted by molar-refractivity contribution is 5.27. The van der Waals surface area contributed by atoms with Crippen LogP contribution in [0.15, 0.2) is 47.1 Å². The van der Waals surface area contributed by atoms with E-state index in [9.17, 15) is 4.39 Å². The maximum absolute atomic E-state index is 14.7. The van der Waals surface area contributed by atoms with Crippen LogP contribution in [0.25, 0.3) is 0 Å². The van der Waals surface area contributed by atoms with Crippen molar-refractivity contribution in [3.05, 3.63) is 65.6 Å². The summed E-state index contributed by atoms with van der Waals surface area (Å²) in [6, 6.07) is 10.2. The van der Waals surface area contributed by atoms with Crippen LogP contribution in [0.2, 0.25) is 0 Å². The minimum atomic E-state index is -0.338. The fraction of sp³-hybridized carbons (Fsp3) is 0.421. The minimum absolute atomic E-state index is 0.243. The highest BCUT2D eigenvalue weighted by Crippen LogP contribution is 2.30. The van der Waals surface area contributed by atoms with Crippen molar-refractivity contribution in [2.45, 2.75) is 19.5 Å². The van der Waals surface area contributed by atoms with Gasteiger partial charge in [-0.3, -0.25) is 4.90 Å². The normalized spacial score (nSPS) is 17.3. The average molecular weight is 370 g/mol. The first-order chi connectivity index (χ1) is 13.3. The molecule has 27 heavy (non-hydrogen) atoms. The van der Waals surface area contributed by atoms with Crippen LogP contribution < -0.4 is 0 Å². The lowest BCUT2D eigenvalue weighted by Crippen LogP contribution is -2.48. The molecule has 1 aliphatic heterocycles. The highest BCUT2D eigenvalue weighted by Gasteiger charge is 2.32. The van der Waals surface area contributed by atoms with E-state index in [-0.39, 0.29) is 11.9 Å². The lowest BCUT2D eigenvalue weighted by molar-refractivity contribution is 0.107. The predicted molar refractivity (Wildman–Crippen MR) is 97.6 cm³/mol. The van der Waals surface area contributed by atoms with Gasteiger partial charge in [0.1, 0.15) is 24.2 Å². The van der Waals surface area contributed by atoms with Gasteiger partial charge in [-0.25, -0.2) is 9.07 Å². The number of hydrogen-bond donors (Lipinski definition) is 0. The Bertz CT molecular complexity index is 857. The molecule has 1 fully saturated rings. The van der Waals surface area contributed by atoms with Crippen LogP contribution in [0.1, 0.15) is 30.1 Å². The summed E-state index contributed by atoms with van der Waals surface area (Å²) in [5, 5.41) is 12.3. The fourth-order valence-electron chi connectivity index (χ4n) is 3.60. The Kier molecular flexibility index (Phi) is 5.26. The quantitative estimate of drug-likeness (QED) is 0.663. The molecule has 0 amide bonds. The van der Waals surface area contributed by atoms with E-state index >= 15 is 0 Å². The number of benzene rings is 1. The molecule has 0 saturated carbocycles. The van der Waals surface area contributed by atoms with Gasteiger partial charge in [-0.2, -0.15) is 0 Å². The Labute approximate surface area is 157 Å². The fourth-order valence-corrected chi connectivity index (χ4v) is 3.60. The molecular formula is C19H23FN6O. The molecule has 1 aliphatic rings. The van der Waals surface area contributed by atoms with Crippen LogP contribution >= 0.6 is 0 Å². The molecule has 1 saturated heterocycles. The van der Waals surface area contributed by atoms with E-state index in [0.717, 1.165) is 38.5 Å². The molecule has 0 bridgehead atoms. The van der Waals surface area contributed by atoms with Crippen LogP contribution in [-0.4, -0.2) is 62.7 Å². The van der Waals surface area contributed by atoms with Crippen LogP contribution in [0.3, 0.4) is 0 Å². The number of aromatic nitrogens is 4. The third-order valence-corrected chi connectivity index (χ3v) is 5.11. The van der Waals surface area contributed by atoms with Crippen LogP contribution in [-0.2, 0) is 6.54 Å². The summed E-state index contributed by atoms with van der Waals surface area (Å²) in [5.41, 5.74) is 0.595. The smallest absolute Gasteiger partial charge is 0.173 e. The molecule has 8 heteroatoms. The molecular weight excluding hydrogens is 347 g/mol. The number of tetrazole rings is 1. The second-order valence-electron chi connectivity index (χ2n) is 6.67. The summed E-state index contributed by atoms with van der Waals surface area (Å²) in [4.78, 5) is 4.65. The van der Waals surface area contributed by atoms with Crippen molar-refractivity contribution < 1.29 is 8.81 Å². The Hall–Kier alpha value is -2.58. The van der Waals surface area contributed by atoms with Gasteiger partial charge >= 0.3 is 0 Å². The Morgan fingerprint density at radius 3 is 2.63 bits per heavy atom. The number of nitrogens with zero attached hydrogens (tertiary/aromatic N) is 6. The summed E-state index contributed by atoms with van der Waals surface area (Å²) in [6.45, 7) is 7.15. The van der Waals surface area contributed by atoms with Crippen molar-refractivity contribution in [2.24, 2.45) is 0 Å². The van der Waals surface area contributed by atoms with E-state index in [1.165, 1.54) is 6.07 Å². The van der Waals surface area contributed by atoms with Gasteiger partial charge in [0.25, 0.3) is 0 Å². The topological polar surface area (TPSA) is 63.2 Å². The molecule has 0 N–H and O–H groups in total. The van der Waals surface area contributed by atoms with Crippen molar-refractivity contribution in [1.29, 1.82) is 0 Å². The molecule has 3 aromatic rings. The van der Waals surface area contributed by atoms with Crippen LogP contribution in [0.4, 0.5) is 4.39 Å². The molecule has 1 atom stereocenters. The molecule has 4 rings (SSSR count). The van der Waals surface area contributed by atoms with E-state index in [2.05, 4.69) is 32.2 Å². The molecule has 2 aromatic heterocycles. The highest BCUT2D eigenvalue weighted by atomic mass is 19.1. The van der Waals surface area contributed by atoms with Crippen LogP contribution in [0.5, 0.6) is 0 Å². The van der Waals surface area contributed by atoms with Gasteiger partial charge in [0.2, 0.25) is 0 Å². The molecule has 1 unspecified atom stereocenters. The molecule has 0 spiro atoms. The Balaban J connectivity index is 1.69. The number of furan rings is 1. The first-order valence-corrected chi connectivity index (χ1v) is 9.25. The zero-order valence-electron chi connectivity index (χ0n) is 15.3. The lowest BCUT2D eigenvalue weighted by atomic mass is 10.0. The lowest BCUT2D eigenvalue weighted by Gasteiger charge is -2.38. The van der Waals surface area contributed by atoms with Gasteiger partial charge in [0, 0.05) is 31.7 Å².